The van der Waals surface area contributed by atoms with Gasteiger partial charge in [-0.1, -0.05) is 16.8 Å². The van der Waals surface area contributed by atoms with Crippen LogP contribution in [0.15, 0.2) is 18.3 Å². The minimum Gasteiger partial charge on any atom is -0.463 e. The van der Waals surface area contributed by atoms with Gasteiger partial charge in [-0.2, -0.15) is 0 Å². The Kier molecular flexibility index (Phi) is 8.10. The summed E-state index contributed by atoms with van der Waals surface area (Å²) in [5.74, 6) is -3.98. The molecule has 0 radical (unpaired) electrons. The molecule has 1 aromatic heterocycles. The zero-order valence-electron chi connectivity index (χ0n) is 18.1. The van der Waals surface area contributed by atoms with Gasteiger partial charge in [0.25, 0.3) is 0 Å². The second-order valence-electron chi connectivity index (χ2n) is 7.34. The van der Waals surface area contributed by atoms with E-state index in [0.717, 1.165) is 26.0 Å². The van der Waals surface area contributed by atoms with Crippen molar-refractivity contribution in [2.24, 2.45) is 0 Å². The molecule has 14 heteroatoms. The van der Waals surface area contributed by atoms with E-state index < -0.39 is 64.4 Å². The Bertz CT molecular complexity index is 1080. The first-order valence-corrected chi connectivity index (χ1v) is 10.8. The van der Waals surface area contributed by atoms with Crippen LogP contribution < -0.4 is 0 Å². The van der Waals surface area contributed by atoms with Crippen LogP contribution in [0.2, 0.25) is 5.02 Å². The van der Waals surface area contributed by atoms with E-state index in [2.05, 4.69) is 22.9 Å². The van der Waals surface area contributed by atoms with Gasteiger partial charge >= 0.3 is 17.9 Å². The number of ether oxygens (including phenoxy) is 4. The molecule has 0 bridgehead atoms. The molecule has 0 amide bonds. The lowest BCUT2D eigenvalue weighted by atomic mass is 9.96. The standard InChI is InChI=1S/C20H20ClF2N3O7S/c1-8(27)30-7-15-18(31-9(2)28)17(19(20(34)33-15)32-10(3)29)26-6-14(24-25-26)11-4-12(22)16(21)13(23)5-11/h4-6,15,17-20,34H,7H2,1-3H3/t15?,17?,18-,19?,20+/m0/s1. The summed E-state index contributed by atoms with van der Waals surface area (Å²) in [6.07, 6.45) is -2.00. The van der Waals surface area contributed by atoms with Gasteiger partial charge in [-0.15, -0.1) is 17.7 Å². The largest absolute Gasteiger partial charge is 0.463 e. The fourth-order valence-corrected chi connectivity index (χ4v) is 3.96. The monoisotopic (exact) mass is 519 g/mol. The lowest BCUT2D eigenvalue weighted by molar-refractivity contribution is -0.211. The molecule has 1 aromatic carbocycles. The highest BCUT2D eigenvalue weighted by Crippen LogP contribution is 2.36. The van der Waals surface area contributed by atoms with Crippen LogP contribution in [0.1, 0.15) is 26.8 Å². The molecule has 1 aliphatic heterocycles. The summed E-state index contributed by atoms with van der Waals surface area (Å²) < 4.78 is 50.6. The van der Waals surface area contributed by atoms with Crippen LogP contribution in [-0.4, -0.2) is 63.3 Å². The minimum absolute atomic E-state index is 0.0321. The summed E-state index contributed by atoms with van der Waals surface area (Å²) in [7, 11) is 0. The van der Waals surface area contributed by atoms with Gasteiger partial charge in [-0.25, -0.2) is 13.5 Å². The zero-order chi connectivity index (χ0) is 25.2. The van der Waals surface area contributed by atoms with E-state index in [-0.39, 0.29) is 17.9 Å². The first kappa shape index (κ1) is 25.8. The molecule has 184 valence electrons. The number of thiol groups is 1. The third-order valence-corrected chi connectivity index (χ3v) is 5.56. The third-order valence-electron chi connectivity index (χ3n) is 4.79. The predicted octanol–water partition coefficient (Wildman–Crippen LogP) is 2.50. The summed E-state index contributed by atoms with van der Waals surface area (Å²) in [6.45, 7) is 3.20. The fourth-order valence-electron chi connectivity index (χ4n) is 3.46. The second kappa shape index (κ2) is 10.7. The lowest BCUT2D eigenvalue weighted by Crippen LogP contribution is -2.57. The quantitative estimate of drug-likeness (QED) is 0.266. The van der Waals surface area contributed by atoms with Crippen LogP contribution >= 0.6 is 24.2 Å². The number of hydrogen-bond acceptors (Lipinski definition) is 10. The van der Waals surface area contributed by atoms with Crippen molar-refractivity contribution in [1.29, 1.82) is 0 Å². The first-order chi connectivity index (χ1) is 16.0. The van der Waals surface area contributed by atoms with Crippen LogP contribution in [0.25, 0.3) is 11.3 Å². The Morgan fingerprint density at radius 1 is 1.09 bits per heavy atom. The van der Waals surface area contributed by atoms with E-state index in [1.165, 1.54) is 17.8 Å². The van der Waals surface area contributed by atoms with Crippen molar-refractivity contribution in [3.8, 4) is 11.3 Å². The maximum absolute atomic E-state index is 13.9. The molecule has 2 aromatic rings. The number of benzene rings is 1. The van der Waals surface area contributed by atoms with Gasteiger partial charge in [0.2, 0.25) is 0 Å². The number of halogens is 3. The van der Waals surface area contributed by atoms with Gasteiger partial charge in [0.05, 0.1) is 6.20 Å². The van der Waals surface area contributed by atoms with Crippen molar-refractivity contribution in [1.82, 2.24) is 15.0 Å². The third kappa shape index (κ3) is 5.83. The second-order valence-corrected chi connectivity index (χ2v) is 8.23. The average Bonchev–Trinajstić information content (AvgIpc) is 3.22. The maximum atomic E-state index is 13.9. The molecule has 0 aliphatic carbocycles. The summed E-state index contributed by atoms with van der Waals surface area (Å²) in [6, 6.07) is 0.900. The normalized spacial score (nSPS) is 24.4. The highest BCUT2D eigenvalue weighted by Gasteiger charge is 2.50. The van der Waals surface area contributed by atoms with E-state index in [9.17, 15) is 23.2 Å². The molecule has 1 fully saturated rings. The molecule has 1 aliphatic rings. The van der Waals surface area contributed by atoms with Gasteiger partial charge < -0.3 is 18.9 Å². The molecule has 34 heavy (non-hydrogen) atoms. The molecule has 1 saturated heterocycles. The molecule has 3 rings (SSSR count). The smallest absolute Gasteiger partial charge is 0.303 e. The van der Waals surface area contributed by atoms with Crippen LogP contribution in [0.3, 0.4) is 0 Å². The lowest BCUT2D eigenvalue weighted by Gasteiger charge is -2.43. The van der Waals surface area contributed by atoms with E-state index >= 15 is 0 Å². The van der Waals surface area contributed by atoms with Gasteiger partial charge in [0, 0.05) is 26.3 Å². The van der Waals surface area contributed by atoms with Crippen molar-refractivity contribution in [2.75, 3.05) is 6.61 Å². The minimum atomic E-state index is -1.17. The van der Waals surface area contributed by atoms with Gasteiger partial charge in [-0.05, 0) is 12.1 Å². The summed E-state index contributed by atoms with van der Waals surface area (Å²) >= 11 is 9.87. The van der Waals surface area contributed by atoms with Crippen LogP contribution in [-0.2, 0) is 33.3 Å². The zero-order valence-corrected chi connectivity index (χ0v) is 19.8. The Balaban J connectivity index is 2.05. The Hall–Kier alpha value is -2.77. The molecule has 0 spiro atoms. The Morgan fingerprint density at radius 3 is 2.24 bits per heavy atom. The Labute approximate surface area is 202 Å². The molecular formula is C20H20ClF2N3O7S. The van der Waals surface area contributed by atoms with Crippen molar-refractivity contribution >= 4 is 42.1 Å². The summed E-state index contributed by atoms with van der Waals surface area (Å²) in [4.78, 5) is 35.0. The molecule has 0 saturated carbocycles. The van der Waals surface area contributed by atoms with Crippen molar-refractivity contribution in [3.63, 3.8) is 0 Å². The predicted molar refractivity (Wildman–Crippen MR) is 115 cm³/mol. The van der Waals surface area contributed by atoms with E-state index in [1.54, 1.807) is 0 Å². The fraction of sp³-hybridized carbons (Fsp3) is 0.450. The van der Waals surface area contributed by atoms with Crippen molar-refractivity contribution < 1.29 is 42.1 Å². The topological polar surface area (TPSA) is 119 Å². The molecule has 5 atom stereocenters. The SMILES string of the molecule is CC(=O)OCC1O[C@H](S)C(OC(C)=O)C(n2cc(-c3cc(F)c(Cl)c(F)c3)nn2)[C@H]1OC(C)=O. The van der Waals surface area contributed by atoms with Crippen molar-refractivity contribution in [3.05, 3.63) is 35.0 Å². The average molecular weight is 520 g/mol. The number of rotatable bonds is 6. The molecular weight excluding hydrogens is 500 g/mol. The van der Waals surface area contributed by atoms with Crippen LogP contribution in [0, 0.1) is 11.6 Å². The molecule has 3 unspecified atom stereocenters. The number of carbonyl (C=O) groups is 3. The summed E-state index contributed by atoms with van der Waals surface area (Å²) in [5, 5.41) is 7.25. The highest BCUT2D eigenvalue weighted by atomic mass is 35.5. The van der Waals surface area contributed by atoms with Gasteiger partial charge in [-0.3, -0.25) is 14.4 Å². The molecule has 0 N–H and O–H groups in total. The number of nitrogens with zero attached hydrogens (tertiary/aromatic N) is 3. The van der Waals surface area contributed by atoms with Crippen molar-refractivity contribution in [2.45, 2.75) is 50.6 Å². The van der Waals surface area contributed by atoms with Gasteiger partial charge in [0.15, 0.2) is 12.2 Å². The van der Waals surface area contributed by atoms with E-state index in [1.807, 2.05) is 0 Å². The number of esters is 3. The molecule has 10 nitrogen and oxygen atoms in total. The van der Waals surface area contributed by atoms with Crippen LogP contribution in [0.5, 0.6) is 0 Å². The van der Waals surface area contributed by atoms with Crippen LogP contribution in [0.4, 0.5) is 8.78 Å². The highest BCUT2D eigenvalue weighted by molar-refractivity contribution is 7.80. The Morgan fingerprint density at radius 2 is 1.68 bits per heavy atom. The first-order valence-electron chi connectivity index (χ1n) is 9.86. The maximum Gasteiger partial charge on any atom is 0.303 e. The van der Waals surface area contributed by atoms with Gasteiger partial charge in [0.1, 0.15) is 46.5 Å². The molecule has 2 heterocycles. The number of hydrogen-bond donors (Lipinski definition) is 1. The summed E-state index contributed by atoms with van der Waals surface area (Å²) in [5.41, 5.74) is -0.958. The van der Waals surface area contributed by atoms with E-state index in [0.29, 0.717) is 0 Å². The number of aromatic nitrogens is 3. The number of carbonyl (C=O) groups excluding carboxylic acids is 3. The van der Waals surface area contributed by atoms with E-state index in [4.69, 9.17) is 30.5 Å².